The Labute approximate surface area is 174 Å². The molecule has 0 spiro atoms. The summed E-state index contributed by atoms with van der Waals surface area (Å²) in [6, 6.07) is 22.1. The summed E-state index contributed by atoms with van der Waals surface area (Å²) in [6.45, 7) is 0.668. The average Bonchev–Trinajstić information content (AvgIpc) is 2.72. The zero-order valence-corrected chi connectivity index (χ0v) is 16.5. The number of hydrogen-bond acceptors (Lipinski definition) is 3. The van der Waals surface area contributed by atoms with Crippen molar-refractivity contribution in [1.82, 2.24) is 0 Å². The zero-order valence-electron chi connectivity index (χ0n) is 15.0. The van der Waals surface area contributed by atoms with E-state index in [0.29, 0.717) is 16.7 Å². The fourth-order valence-corrected chi connectivity index (χ4v) is 2.62. The minimum Gasteiger partial charge on any atom is -0.489 e. The first-order valence-corrected chi connectivity index (χ1v) is 9.41. The third-order valence-electron chi connectivity index (χ3n) is 3.91. The van der Waals surface area contributed by atoms with Gasteiger partial charge in [0.2, 0.25) is 0 Å². The maximum atomic E-state index is 11.8. The number of halogens is 2. The molecule has 0 saturated heterocycles. The Morgan fingerprint density at radius 2 is 1.29 bits per heavy atom. The molecule has 0 aliphatic carbocycles. The van der Waals surface area contributed by atoms with E-state index in [1.807, 2.05) is 60.7 Å². The number of hydrogen-bond donors (Lipinski definition) is 0. The van der Waals surface area contributed by atoms with E-state index in [1.54, 1.807) is 18.2 Å². The van der Waals surface area contributed by atoms with Crippen LogP contribution in [0.3, 0.4) is 0 Å². The van der Waals surface area contributed by atoms with Crippen LogP contribution in [0.2, 0.25) is 10.0 Å². The minimum absolute atomic E-state index is 0.206. The normalized spacial score (nSPS) is 10.8. The Morgan fingerprint density at radius 3 is 1.86 bits per heavy atom. The van der Waals surface area contributed by atoms with E-state index < -0.39 is 5.97 Å². The maximum absolute atomic E-state index is 11.8. The van der Waals surface area contributed by atoms with Crippen molar-refractivity contribution in [3.05, 3.63) is 106 Å². The highest BCUT2D eigenvalue weighted by Gasteiger charge is 2.00. The van der Waals surface area contributed by atoms with E-state index in [9.17, 15) is 4.79 Å². The second kappa shape index (κ2) is 9.98. The Bertz CT molecular complexity index is 931. The molecule has 0 atom stereocenters. The van der Waals surface area contributed by atoms with Crippen LogP contribution in [0.4, 0.5) is 0 Å². The summed E-state index contributed by atoms with van der Waals surface area (Å²) in [5.41, 5.74) is 2.80. The van der Waals surface area contributed by atoms with Crippen molar-refractivity contribution in [2.45, 2.75) is 13.2 Å². The summed E-state index contributed by atoms with van der Waals surface area (Å²) >= 11 is 11.7. The van der Waals surface area contributed by atoms with Crippen molar-refractivity contribution < 1.29 is 14.3 Å². The van der Waals surface area contributed by atoms with Gasteiger partial charge < -0.3 is 9.47 Å². The summed E-state index contributed by atoms with van der Waals surface area (Å²) in [5, 5.41) is 1.35. The van der Waals surface area contributed by atoms with E-state index >= 15 is 0 Å². The predicted octanol–water partition coefficient (Wildman–Crippen LogP) is 6.33. The molecule has 0 amide bonds. The summed E-state index contributed by atoms with van der Waals surface area (Å²) in [4.78, 5) is 11.8. The number of carbonyl (C=O) groups is 1. The van der Waals surface area contributed by atoms with Crippen molar-refractivity contribution >= 4 is 35.2 Å². The SMILES string of the molecule is O=C(/C=C/c1ccc(OCc2ccc(Cl)cc2)cc1)OCc1ccc(Cl)cc1. The minimum atomic E-state index is -0.405. The smallest absolute Gasteiger partial charge is 0.331 e. The monoisotopic (exact) mass is 412 g/mol. The van der Waals surface area contributed by atoms with Gasteiger partial charge in [0, 0.05) is 16.1 Å². The van der Waals surface area contributed by atoms with Crippen molar-refractivity contribution in [2.75, 3.05) is 0 Å². The molecule has 0 fully saturated rings. The van der Waals surface area contributed by atoms with Gasteiger partial charge in [0.1, 0.15) is 19.0 Å². The lowest BCUT2D eigenvalue weighted by atomic mass is 10.2. The van der Waals surface area contributed by atoms with E-state index in [0.717, 1.165) is 22.4 Å². The second-order valence-electron chi connectivity index (χ2n) is 6.05. The van der Waals surface area contributed by atoms with Crippen LogP contribution in [0.1, 0.15) is 16.7 Å². The van der Waals surface area contributed by atoms with Crippen LogP contribution in [0, 0.1) is 0 Å². The Morgan fingerprint density at radius 1 is 0.750 bits per heavy atom. The lowest BCUT2D eigenvalue weighted by Gasteiger charge is -2.06. The van der Waals surface area contributed by atoms with Gasteiger partial charge >= 0.3 is 5.97 Å². The van der Waals surface area contributed by atoms with Gasteiger partial charge in [0.15, 0.2) is 0 Å². The maximum Gasteiger partial charge on any atom is 0.331 e. The number of carbonyl (C=O) groups excluding carboxylic acids is 1. The number of rotatable bonds is 7. The molecule has 28 heavy (non-hydrogen) atoms. The highest BCUT2D eigenvalue weighted by molar-refractivity contribution is 6.30. The molecule has 0 bridgehead atoms. The summed E-state index contributed by atoms with van der Waals surface area (Å²) in [5.74, 6) is 0.343. The number of esters is 1. The van der Waals surface area contributed by atoms with Crippen molar-refractivity contribution in [1.29, 1.82) is 0 Å². The molecular weight excluding hydrogens is 395 g/mol. The Balaban J connectivity index is 1.46. The first-order chi connectivity index (χ1) is 13.6. The number of benzene rings is 3. The third kappa shape index (κ3) is 6.45. The molecule has 0 aliphatic rings. The van der Waals surface area contributed by atoms with Gasteiger partial charge in [-0.3, -0.25) is 0 Å². The first kappa shape index (κ1) is 20.0. The van der Waals surface area contributed by atoms with Gasteiger partial charge in [-0.15, -0.1) is 0 Å². The molecule has 0 saturated carbocycles. The van der Waals surface area contributed by atoms with Gasteiger partial charge in [-0.25, -0.2) is 4.79 Å². The van der Waals surface area contributed by atoms with Crippen molar-refractivity contribution in [2.24, 2.45) is 0 Å². The van der Waals surface area contributed by atoms with Gasteiger partial charge in [0.25, 0.3) is 0 Å². The largest absolute Gasteiger partial charge is 0.489 e. The predicted molar refractivity (Wildman–Crippen MR) is 113 cm³/mol. The summed E-state index contributed by atoms with van der Waals surface area (Å²) in [7, 11) is 0. The standard InChI is InChI=1S/C23H18Cl2O3/c24-20-8-1-18(2-9-20)15-27-22-12-5-17(6-13-22)7-14-23(26)28-16-19-3-10-21(25)11-4-19/h1-14H,15-16H2/b14-7+. The highest BCUT2D eigenvalue weighted by Crippen LogP contribution is 2.16. The third-order valence-corrected chi connectivity index (χ3v) is 4.41. The van der Waals surface area contributed by atoms with E-state index in [2.05, 4.69) is 0 Å². The van der Waals surface area contributed by atoms with E-state index in [1.165, 1.54) is 6.08 Å². The lowest BCUT2D eigenvalue weighted by Crippen LogP contribution is -2.00. The summed E-state index contributed by atoms with van der Waals surface area (Å²) in [6.07, 6.45) is 3.10. The molecule has 3 nitrogen and oxygen atoms in total. The van der Waals surface area contributed by atoms with Crippen LogP contribution in [-0.4, -0.2) is 5.97 Å². The van der Waals surface area contributed by atoms with Gasteiger partial charge in [-0.1, -0.05) is 59.6 Å². The van der Waals surface area contributed by atoms with Gasteiger partial charge in [-0.05, 0) is 59.2 Å². The zero-order chi connectivity index (χ0) is 19.8. The van der Waals surface area contributed by atoms with Crippen LogP contribution in [0.15, 0.2) is 78.9 Å². The molecule has 0 radical (unpaired) electrons. The van der Waals surface area contributed by atoms with Crippen molar-refractivity contribution in [3.63, 3.8) is 0 Å². The van der Waals surface area contributed by atoms with Crippen LogP contribution in [-0.2, 0) is 22.7 Å². The fraction of sp³-hybridized carbons (Fsp3) is 0.0870. The van der Waals surface area contributed by atoms with Crippen LogP contribution >= 0.6 is 23.2 Å². The molecule has 5 heteroatoms. The Hall–Kier alpha value is -2.75. The molecule has 0 heterocycles. The topological polar surface area (TPSA) is 35.5 Å². The molecule has 0 aromatic heterocycles. The molecule has 0 aliphatic heterocycles. The molecule has 3 aromatic carbocycles. The van der Waals surface area contributed by atoms with Crippen molar-refractivity contribution in [3.8, 4) is 5.75 Å². The molecule has 0 N–H and O–H groups in total. The van der Waals surface area contributed by atoms with E-state index in [-0.39, 0.29) is 6.61 Å². The molecule has 3 aromatic rings. The molecule has 3 rings (SSSR count). The molecule has 142 valence electrons. The Kier molecular flexibility index (Phi) is 7.12. The van der Waals surface area contributed by atoms with Gasteiger partial charge in [0.05, 0.1) is 0 Å². The average molecular weight is 413 g/mol. The van der Waals surface area contributed by atoms with Crippen LogP contribution < -0.4 is 4.74 Å². The quantitative estimate of drug-likeness (QED) is 0.336. The lowest BCUT2D eigenvalue weighted by molar-refractivity contribution is -0.138. The molecular formula is C23H18Cl2O3. The van der Waals surface area contributed by atoms with E-state index in [4.69, 9.17) is 32.7 Å². The highest BCUT2D eigenvalue weighted by atomic mass is 35.5. The molecule has 0 unspecified atom stereocenters. The van der Waals surface area contributed by atoms with Gasteiger partial charge in [-0.2, -0.15) is 0 Å². The first-order valence-electron chi connectivity index (χ1n) is 8.65. The number of ether oxygens (including phenoxy) is 2. The van der Waals surface area contributed by atoms with Crippen LogP contribution in [0.5, 0.6) is 5.75 Å². The second-order valence-corrected chi connectivity index (χ2v) is 6.92. The summed E-state index contributed by atoms with van der Waals surface area (Å²) < 4.78 is 10.9. The fourth-order valence-electron chi connectivity index (χ4n) is 2.37. The van der Waals surface area contributed by atoms with Crippen LogP contribution in [0.25, 0.3) is 6.08 Å².